The van der Waals surface area contributed by atoms with Crippen molar-refractivity contribution in [1.82, 2.24) is 4.90 Å². The van der Waals surface area contributed by atoms with E-state index in [1.807, 2.05) is 11.0 Å². The smallest absolute Gasteiger partial charge is 0.317 e. The lowest BCUT2D eigenvalue weighted by Crippen LogP contribution is -2.41. The third kappa shape index (κ3) is 3.07. The number of benzene rings is 1. The van der Waals surface area contributed by atoms with E-state index in [1.165, 1.54) is 5.56 Å². The van der Waals surface area contributed by atoms with E-state index in [9.17, 15) is 4.79 Å². The van der Waals surface area contributed by atoms with Crippen molar-refractivity contribution < 1.29 is 9.90 Å². The predicted octanol–water partition coefficient (Wildman–Crippen LogP) is 2.20. The number of hydrogen-bond acceptors (Lipinski definition) is 2. The van der Waals surface area contributed by atoms with Gasteiger partial charge in [-0.15, -0.1) is 0 Å². The van der Waals surface area contributed by atoms with Crippen molar-refractivity contribution in [3.63, 3.8) is 0 Å². The number of hydrogen-bond donors (Lipinski definition) is 1. The summed E-state index contributed by atoms with van der Waals surface area (Å²) in [6.45, 7) is 4.15. The molecular formula is C14H19NO2. The Morgan fingerprint density at radius 1 is 1.41 bits per heavy atom. The molecule has 0 spiro atoms. The molecule has 17 heavy (non-hydrogen) atoms. The Hall–Kier alpha value is -1.35. The summed E-state index contributed by atoms with van der Waals surface area (Å²) in [5.74, 6) is 0.363. The number of carboxylic acids is 1. The van der Waals surface area contributed by atoms with Crippen molar-refractivity contribution in [3.05, 3.63) is 35.9 Å². The maximum absolute atomic E-state index is 10.7. The maximum Gasteiger partial charge on any atom is 0.317 e. The van der Waals surface area contributed by atoms with Crippen molar-refractivity contribution in [2.24, 2.45) is 5.92 Å². The van der Waals surface area contributed by atoms with Crippen LogP contribution in [0.3, 0.4) is 0 Å². The largest absolute Gasteiger partial charge is 0.480 e. The third-order valence-corrected chi connectivity index (χ3v) is 3.58. The molecular weight excluding hydrogens is 214 g/mol. The summed E-state index contributed by atoms with van der Waals surface area (Å²) in [6.07, 6.45) is 1.05. The van der Waals surface area contributed by atoms with E-state index in [2.05, 4.69) is 31.2 Å². The van der Waals surface area contributed by atoms with Crippen molar-refractivity contribution in [2.45, 2.75) is 19.3 Å². The summed E-state index contributed by atoms with van der Waals surface area (Å²) >= 11 is 0. The minimum atomic E-state index is -0.727. The molecule has 2 atom stereocenters. The second-order valence-electron chi connectivity index (χ2n) is 4.91. The first-order valence-corrected chi connectivity index (χ1v) is 6.16. The van der Waals surface area contributed by atoms with E-state index in [0.717, 1.165) is 19.5 Å². The second kappa shape index (κ2) is 5.32. The molecule has 2 rings (SSSR count). The zero-order chi connectivity index (χ0) is 12.3. The van der Waals surface area contributed by atoms with Gasteiger partial charge in [-0.25, -0.2) is 0 Å². The van der Waals surface area contributed by atoms with Crippen molar-refractivity contribution >= 4 is 5.97 Å². The van der Waals surface area contributed by atoms with Crippen LogP contribution >= 0.6 is 0 Å². The van der Waals surface area contributed by atoms with Gasteiger partial charge in [0.25, 0.3) is 0 Å². The average Bonchev–Trinajstić information content (AvgIpc) is 2.29. The summed E-state index contributed by atoms with van der Waals surface area (Å²) in [7, 11) is 0. The standard InChI is InChI=1S/C14H19NO2/c1-11-9-15(10-14(16)17)8-7-13(11)12-5-3-2-4-6-12/h2-6,11,13H,7-10H2,1H3,(H,16,17). The molecule has 1 fully saturated rings. The Labute approximate surface area is 102 Å². The van der Waals surface area contributed by atoms with E-state index < -0.39 is 5.97 Å². The monoisotopic (exact) mass is 233 g/mol. The van der Waals surface area contributed by atoms with E-state index in [-0.39, 0.29) is 6.54 Å². The number of nitrogens with zero attached hydrogens (tertiary/aromatic N) is 1. The van der Waals surface area contributed by atoms with Gasteiger partial charge in [0.1, 0.15) is 0 Å². The van der Waals surface area contributed by atoms with Gasteiger partial charge in [-0.2, -0.15) is 0 Å². The average molecular weight is 233 g/mol. The Morgan fingerprint density at radius 2 is 2.12 bits per heavy atom. The van der Waals surface area contributed by atoms with Gasteiger partial charge >= 0.3 is 5.97 Å². The topological polar surface area (TPSA) is 40.5 Å². The Morgan fingerprint density at radius 3 is 2.71 bits per heavy atom. The van der Waals surface area contributed by atoms with E-state index in [0.29, 0.717) is 11.8 Å². The molecule has 0 saturated carbocycles. The molecule has 1 heterocycles. The molecule has 1 aliphatic heterocycles. The molecule has 0 radical (unpaired) electrons. The highest BCUT2D eigenvalue weighted by Crippen LogP contribution is 2.32. The Bertz CT molecular complexity index is 377. The van der Waals surface area contributed by atoms with Gasteiger partial charge in [-0.1, -0.05) is 37.3 Å². The number of carboxylic acid groups (broad SMARTS) is 1. The summed E-state index contributed by atoms with van der Waals surface area (Å²) < 4.78 is 0. The van der Waals surface area contributed by atoms with Gasteiger partial charge in [-0.3, -0.25) is 9.69 Å². The fourth-order valence-corrected chi connectivity index (χ4v) is 2.76. The highest BCUT2D eigenvalue weighted by molar-refractivity contribution is 5.69. The molecule has 3 nitrogen and oxygen atoms in total. The highest BCUT2D eigenvalue weighted by Gasteiger charge is 2.27. The van der Waals surface area contributed by atoms with Crippen LogP contribution in [0.15, 0.2) is 30.3 Å². The molecule has 1 aromatic carbocycles. The minimum absolute atomic E-state index is 0.172. The zero-order valence-electron chi connectivity index (χ0n) is 10.2. The van der Waals surface area contributed by atoms with Crippen molar-refractivity contribution in [3.8, 4) is 0 Å². The molecule has 1 saturated heterocycles. The quantitative estimate of drug-likeness (QED) is 0.870. The minimum Gasteiger partial charge on any atom is -0.480 e. The van der Waals surface area contributed by atoms with Gasteiger partial charge in [-0.05, 0) is 30.4 Å². The fourth-order valence-electron chi connectivity index (χ4n) is 2.76. The van der Waals surface area contributed by atoms with Crippen LogP contribution in [-0.2, 0) is 4.79 Å². The normalized spacial score (nSPS) is 25.7. The molecule has 3 heteroatoms. The molecule has 0 aliphatic carbocycles. The van der Waals surface area contributed by atoms with Crippen molar-refractivity contribution in [1.29, 1.82) is 0 Å². The molecule has 0 bridgehead atoms. The third-order valence-electron chi connectivity index (χ3n) is 3.58. The van der Waals surface area contributed by atoms with Crippen molar-refractivity contribution in [2.75, 3.05) is 19.6 Å². The zero-order valence-corrected chi connectivity index (χ0v) is 10.2. The number of piperidine rings is 1. The van der Waals surface area contributed by atoms with Gasteiger partial charge in [0.2, 0.25) is 0 Å². The van der Waals surface area contributed by atoms with Crippen LogP contribution in [0.25, 0.3) is 0 Å². The first-order chi connectivity index (χ1) is 8.16. The first kappa shape index (κ1) is 12.1. The van der Waals surface area contributed by atoms with Crippen LogP contribution in [0.1, 0.15) is 24.8 Å². The van der Waals surface area contributed by atoms with E-state index >= 15 is 0 Å². The van der Waals surface area contributed by atoms with Gasteiger partial charge in [0.05, 0.1) is 6.54 Å². The van der Waals surface area contributed by atoms with Crippen LogP contribution in [0, 0.1) is 5.92 Å². The number of aliphatic carboxylic acids is 1. The van der Waals surface area contributed by atoms with Crippen LogP contribution in [0.2, 0.25) is 0 Å². The first-order valence-electron chi connectivity index (χ1n) is 6.16. The summed E-state index contributed by atoms with van der Waals surface area (Å²) in [5.41, 5.74) is 1.38. The predicted molar refractivity (Wildman–Crippen MR) is 67.0 cm³/mol. The summed E-state index contributed by atoms with van der Waals surface area (Å²) in [6, 6.07) is 10.5. The number of rotatable bonds is 3. The number of carbonyl (C=O) groups is 1. The highest BCUT2D eigenvalue weighted by atomic mass is 16.4. The van der Waals surface area contributed by atoms with E-state index in [1.54, 1.807) is 0 Å². The second-order valence-corrected chi connectivity index (χ2v) is 4.91. The molecule has 2 unspecified atom stereocenters. The molecule has 1 aliphatic rings. The van der Waals surface area contributed by atoms with Gasteiger partial charge in [0, 0.05) is 6.54 Å². The van der Waals surface area contributed by atoms with E-state index in [4.69, 9.17) is 5.11 Å². The van der Waals surface area contributed by atoms with Crippen LogP contribution in [0.5, 0.6) is 0 Å². The van der Waals surface area contributed by atoms with Gasteiger partial charge < -0.3 is 5.11 Å². The van der Waals surface area contributed by atoms with Crippen LogP contribution in [-0.4, -0.2) is 35.6 Å². The number of likely N-dealkylation sites (tertiary alicyclic amines) is 1. The lowest BCUT2D eigenvalue weighted by Gasteiger charge is -2.36. The Balaban J connectivity index is 1.99. The molecule has 0 aromatic heterocycles. The Kier molecular flexibility index (Phi) is 3.79. The summed E-state index contributed by atoms with van der Waals surface area (Å²) in [5, 5.41) is 8.79. The molecule has 92 valence electrons. The SMILES string of the molecule is CC1CN(CC(=O)O)CCC1c1ccccc1. The van der Waals surface area contributed by atoms with Crippen LogP contribution in [0.4, 0.5) is 0 Å². The lowest BCUT2D eigenvalue weighted by atomic mass is 9.81. The maximum atomic E-state index is 10.7. The molecule has 1 N–H and O–H groups in total. The lowest BCUT2D eigenvalue weighted by molar-refractivity contribution is -0.138. The van der Waals surface area contributed by atoms with Crippen LogP contribution < -0.4 is 0 Å². The molecule has 0 amide bonds. The fraction of sp³-hybridized carbons (Fsp3) is 0.500. The molecule has 1 aromatic rings. The van der Waals surface area contributed by atoms with Gasteiger partial charge in [0.15, 0.2) is 0 Å². The summed E-state index contributed by atoms with van der Waals surface area (Å²) in [4.78, 5) is 12.7.